The lowest BCUT2D eigenvalue weighted by molar-refractivity contribution is -0.141. The monoisotopic (exact) mass is 359 g/mol. The second-order valence-corrected chi connectivity index (χ2v) is 6.80. The first-order chi connectivity index (χ1) is 11.1. The van der Waals surface area contributed by atoms with E-state index in [0.29, 0.717) is 6.07 Å². The van der Waals surface area contributed by atoms with Crippen LogP contribution >= 0.6 is 0 Å². The highest BCUT2D eigenvalue weighted by atomic mass is 32.2. The summed E-state index contributed by atoms with van der Waals surface area (Å²) in [5.41, 5.74) is 3.84. The minimum Gasteiger partial charge on any atom is -0.397 e. The summed E-state index contributed by atoms with van der Waals surface area (Å²) in [6, 6.07) is 3.39. The second kappa shape index (κ2) is 6.51. The number of aliphatic imine (C=N–C) groups is 1. The van der Waals surface area contributed by atoms with Gasteiger partial charge in [0.2, 0.25) is 0 Å². The molecule has 2 rings (SSSR count). The van der Waals surface area contributed by atoms with Crippen molar-refractivity contribution in [2.45, 2.75) is 18.0 Å². The second-order valence-electron chi connectivity index (χ2n) is 4.55. The fourth-order valence-electron chi connectivity index (χ4n) is 1.65. The molecular formula is C13H12F3N5O2S. The summed E-state index contributed by atoms with van der Waals surface area (Å²) in [5.74, 6) is -0.260. The predicted molar refractivity (Wildman–Crippen MR) is 80.7 cm³/mol. The van der Waals surface area contributed by atoms with Gasteiger partial charge in [-0.25, -0.2) is 18.4 Å². The number of sulfone groups is 1. The van der Waals surface area contributed by atoms with Gasteiger partial charge in [-0.05, 0) is 18.2 Å². The molecule has 128 valence electrons. The normalized spacial score (nSPS) is 12.7. The molecule has 7 nitrogen and oxygen atoms in total. The molecule has 24 heavy (non-hydrogen) atoms. The van der Waals surface area contributed by atoms with Crippen molar-refractivity contribution >= 4 is 27.6 Å². The summed E-state index contributed by atoms with van der Waals surface area (Å²) in [6.45, 7) is 1.47. The molecule has 0 aliphatic heterocycles. The number of hydrogen-bond acceptors (Lipinski definition) is 7. The van der Waals surface area contributed by atoms with Crippen LogP contribution in [0.4, 0.5) is 24.7 Å². The number of alkyl halides is 3. The van der Waals surface area contributed by atoms with Crippen molar-refractivity contribution in [3.63, 3.8) is 0 Å². The highest BCUT2D eigenvalue weighted by Gasteiger charge is 2.33. The molecule has 0 radical (unpaired) electrons. The van der Waals surface area contributed by atoms with E-state index in [0.717, 1.165) is 6.21 Å². The lowest BCUT2D eigenvalue weighted by Crippen LogP contribution is -2.12. The molecule has 0 atom stereocenters. The summed E-state index contributed by atoms with van der Waals surface area (Å²) in [7, 11) is -3.56. The van der Waals surface area contributed by atoms with Gasteiger partial charge in [0.15, 0.2) is 21.3 Å². The third-order valence-electron chi connectivity index (χ3n) is 2.92. The number of halogens is 3. The van der Waals surface area contributed by atoms with Gasteiger partial charge < -0.3 is 5.73 Å². The molecule has 2 N–H and O–H groups in total. The van der Waals surface area contributed by atoms with Crippen LogP contribution in [0.1, 0.15) is 18.3 Å². The van der Waals surface area contributed by atoms with E-state index in [1.54, 1.807) is 0 Å². The summed E-state index contributed by atoms with van der Waals surface area (Å²) >= 11 is 0. The average Bonchev–Trinajstić information content (AvgIpc) is 2.53. The zero-order valence-electron chi connectivity index (χ0n) is 12.3. The molecule has 11 heteroatoms. The Kier molecular flexibility index (Phi) is 4.83. The number of nitrogens with two attached hydrogens (primary N) is 1. The third kappa shape index (κ3) is 3.85. The van der Waals surface area contributed by atoms with Gasteiger partial charge in [0.05, 0.1) is 17.7 Å². The molecule has 0 unspecified atom stereocenters. The van der Waals surface area contributed by atoms with Crippen LogP contribution in [0.2, 0.25) is 0 Å². The van der Waals surface area contributed by atoms with E-state index >= 15 is 0 Å². The molecule has 0 bridgehead atoms. The largest absolute Gasteiger partial charge is 0.435 e. The van der Waals surface area contributed by atoms with E-state index in [9.17, 15) is 21.6 Å². The van der Waals surface area contributed by atoms with Gasteiger partial charge in [0.25, 0.3) is 0 Å². The van der Waals surface area contributed by atoms with Gasteiger partial charge in [0.1, 0.15) is 10.6 Å². The highest BCUT2D eigenvalue weighted by molar-refractivity contribution is 7.91. The fraction of sp³-hybridized carbons (Fsp3) is 0.231. The topological polar surface area (TPSA) is 111 Å². The summed E-state index contributed by atoms with van der Waals surface area (Å²) < 4.78 is 61.4. The van der Waals surface area contributed by atoms with Gasteiger partial charge in [-0.1, -0.05) is 6.92 Å². The van der Waals surface area contributed by atoms with Crippen molar-refractivity contribution in [2.24, 2.45) is 4.99 Å². The molecule has 0 fully saturated rings. The standard InChI is InChI=1S/C13H12F3N5O2S/c1-2-24(22,23)10-4-3-5-18-12(10)19-7-9-8(17)6-11(21-20-9)13(14,15)16/h3-7H,2H2,1H3,(H2,17,21). The number of nitrogens with zero attached hydrogens (tertiary/aromatic N) is 4. The molecule has 0 aliphatic carbocycles. The molecular weight excluding hydrogens is 347 g/mol. The Labute approximate surface area is 135 Å². The lowest BCUT2D eigenvalue weighted by atomic mass is 10.3. The SMILES string of the molecule is CCS(=O)(=O)c1cccnc1N=Cc1nnc(C(F)(F)F)cc1N. The first kappa shape index (κ1) is 17.8. The molecule has 2 aromatic rings. The van der Waals surface area contributed by atoms with Crippen LogP contribution < -0.4 is 5.73 Å². The van der Waals surface area contributed by atoms with Crippen LogP contribution in [0.3, 0.4) is 0 Å². The van der Waals surface area contributed by atoms with E-state index < -0.39 is 21.7 Å². The number of pyridine rings is 1. The van der Waals surface area contributed by atoms with Gasteiger partial charge in [-0.15, -0.1) is 10.2 Å². The molecule has 2 aromatic heterocycles. The van der Waals surface area contributed by atoms with E-state index in [-0.39, 0.29) is 27.8 Å². The van der Waals surface area contributed by atoms with Crippen LogP contribution in [0, 0.1) is 0 Å². The summed E-state index contributed by atoms with van der Waals surface area (Å²) in [6.07, 6.45) is -2.32. The zero-order chi connectivity index (χ0) is 18.0. The van der Waals surface area contributed by atoms with Gasteiger partial charge in [-0.2, -0.15) is 13.2 Å². The minimum absolute atomic E-state index is 0.0952. The Bertz CT molecular complexity index is 881. The Morgan fingerprint density at radius 1 is 1.33 bits per heavy atom. The number of nitrogen functional groups attached to an aromatic ring is 1. The van der Waals surface area contributed by atoms with Crippen molar-refractivity contribution in [1.82, 2.24) is 15.2 Å². The van der Waals surface area contributed by atoms with Crippen LogP contribution in [-0.4, -0.2) is 35.6 Å². The Balaban J connectivity index is 2.40. The van der Waals surface area contributed by atoms with E-state index in [4.69, 9.17) is 5.73 Å². The van der Waals surface area contributed by atoms with Gasteiger partial charge >= 0.3 is 6.18 Å². The van der Waals surface area contributed by atoms with Gasteiger partial charge in [-0.3, -0.25) is 0 Å². The van der Waals surface area contributed by atoms with Gasteiger partial charge in [0, 0.05) is 6.20 Å². The number of hydrogen-bond donors (Lipinski definition) is 1. The first-order valence-electron chi connectivity index (χ1n) is 6.57. The van der Waals surface area contributed by atoms with Crippen LogP contribution in [-0.2, 0) is 16.0 Å². The maximum atomic E-state index is 12.5. The number of rotatable bonds is 4. The van der Waals surface area contributed by atoms with Crippen molar-refractivity contribution in [2.75, 3.05) is 11.5 Å². The Morgan fingerprint density at radius 2 is 2.04 bits per heavy atom. The van der Waals surface area contributed by atoms with Crippen molar-refractivity contribution in [1.29, 1.82) is 0 Å². The Hall–Kier alpha value is -2.56. The quantitative estimate of drug-likeness (QED) is 0.836. The maximum absolute atomic E-state index is 12.5. The molecule has 0 saturated heterocycles. The van der Waals surface area contributed by atoms with E-state index in [2.05, 4.69) is 20.2 Å². The van der Waals surface area contributed by atoms with E-state index in [1.807, 2.05) is 0 Å². The maximum Gasteiger partial charge on any atom is 0.435 e. The van der Waals surface area contributed by atoms with Crippen LogP contribution in [0.25, 0.3) is 0 Å². The fourth-order valence-corrected chi connectivity index (χ4v) is 2.63. The molecule has 0 spiro atoms. The van der Waals surface area contributed by atoms with Crippen molar-refractivity contribution < 1.29 is 21.6 Å². The smallest absolute Gasteiger partial charge is 0.397 e. The molecule has 0 amide bonds. The molecule has 0 aliphatic rings. The summed E-state index contributed by atoms with van der Waals surface area (Å²) in [4.78, 5) is 7.62. The predicted octanol–water partition coefficient (Wildman–Crippen LogP) is 2.02. The molecule has 2 heterocycles. The number of aromatic nitrogens is 3. The molecule has 0 saturated carbocycles. The third-order valence-corrected chi connectivity index (χ3v) is 4.67. The highest BCUT2D eigenvalue weighted by Crippen LogP contribution is 2.28. The van der Waals surface area contributed by atoms with Crippen molar-refractivity contribution in [3.8, 4) is 0 Å². The number of anilines is 1. The summed E-state index contributed by atoms with van der Waals surface area (Å²) in [5, 5.41) is 6.38. The van der Waals surface area contributed by atoms with E-state index in [1.165, 1.54) is 25.3 Å². The zero-order valence-corrected chi connectivity index (χ0v) is 13.1. The minimum atomic E-state index is -4.67. The molecule has 0 aromatic carbocycles. The van der Waals surface area contributed by atoms with Crippen molar-refractivity contribution in [3.05, 3.63) is 35.8 Å². The van der Waals surface area contributed by atoms with Crippen LogP contribution in [0.15, 0.2) is 34.3 Å². The first-order valence-corrected chi connectivity index (χ1v) is 8.22. The Morgan fingerprint density at radius 3 is 2.62 bits per heavy atom. The average molecular weight is 359 g/mol. The lowest BCUT2D eigenvalue weighted by Gasteiger charge is -2.06. The van der Waals surface area contributed by atoms with Crippen LogP contribution in [0.5, 0.6) is 0 Å².